The molecule has 2 heterocycles. The molecule has 1 aliphatic rings. The lowest BCUT2D eigenvalue weighted by Crippen LogP contribution is -2.15. The summed E-state index contributed by atoms with van der Waals surface area (Å²) in [7, 11) is 0. The van der Waals surface area contributed by atoms with E-state index in [-0.39, 0.29) is 12.3 Å². The number of rotatable bonds is 3. The minimum atomic E-state index is -1.03. The van der Waals surface area contributed by atoms with E-state index >= 15 is 0 Å². The Hall–Kier alpha value is -2.53. The van der Waals surface area contributed by atoms with E-state index < -0.39 is 12.1 Å². The summed E-state index contributed by atoms with van der Waals surface area (Å²) in [5.41, 5.74) is 1.87. The third-order valence-electron chi connectivity index (χ3n) is 4.08. The molecule has 6 heteroatoms. The van der Waals surface area contributed by atoms with Crippen molar-refractivity contribution in [2.45, 2.75) is 12.6 Å². The Kier molecular flexibility index (Phi) is 3.65. The summed E-state index contributed by atoms with van der Waals surface area (Å²) in [6, 6.07) is 9.37. The normalized spacial score (nSPS) is 19.2. The van der Waals surface area contributed by atoms with Crippen LogP contribution < -0.4 is 5.32 Å². The van der Waals surface area contributed by atoms with Crippen LogP contribution in [0.3, 0.4) is 0 Å². The van der Waals surface area contributed by atoms with Crippen molar-refractivity contribution in [1.82, 2.24) is 9.97 Å². The van der Waals surface area contributed by atoms with Crippen molar-refractivity contribution >= 4 is 34.1 Å². The third kappa shape index (κ3) is 2.83. The van der Waals surface area contributed by atoms with E-state index in [0.29, 0.717) is 10.8 Å². The van der Waals surface area contributed by atoms with Gasteiger partial charge in [-0.15, -0.1) is 0 Å². The van der Waals surface area contributed by atoms with Gasteiger partial charge in [-0.2, -0.15) is 0 Å². The number of carbonyl (C=O) groups is 1. The number of benzene rings is 1. The van der Waals surface area contributed by atoms with Crippen LogP contribution in [0.25, 0.3) is 21.9 Å². The van der Waals surface area contributed by atoms with Crippen LogP contribution in [0, 0.1) is 5.92 Å². The fourth-order valence-electron chi connectivity index (χ4n) is 2.64. The Balaban J connectivity index is 1.71. The molecule has 0 radical (unpaired) electrons. The van der Waals surface area contributed by atoms with E-state index in [1.165, 1.54) is 0 Å². The molecule has 0 saturated heterocycles. The lowest BCUT2D eigenvalue weighted by atomic mass is 10.0. The molecule has 0 bridgehead atoms. The minimum Gasteiger partial charge on any atom is -0.310 e. The average molecular weight is 342 g/mol. The number of nitrogens with zero attached hydrogens (tertiary/aromatic N) is 2. The molecule has 1 N–H and O–H groups in total. The first-order valence-corrected chi connectivity index (χ1v) is 7.94. The zero-order chi connectivity index (χ0) is 16.7. The summed E-state index contributed by atoms with van der Waals surface area (Å²) in [5, 5.41) is 4.87. The van der Waals surface area contributed by atoms with Gasteiger partial charge in [0.15, 0.2) is 0 Å². The highest BCUT2D eigenvalue weighted by molar-refractivity contribution is 6.36. The molecule has 2 aromatic heterocycles. The lowest BCUT2D eigenvalue weighted by Gasteiger charge is -2.08. The zero-order valence-corrected chi connectivity index (χ0v) is 13.3. The largest absolute Gasteiger partial charge is 0.310 e. The first kappa shape index (κ1) is 15.0. The van der Waals surface area contributed by atoms with Gasteiger partial charge in [-0.3, -0.25) is 9.78 Å². The minimum absolute atomic E-state index is 0.288. The molecule has 1 fully saturated rings. The highest BCUT2D eigenvalue weighted by atomic mass is 35.5. The molecule has 3 aromatic rings. The summed E-state index contributed by atoms with van der Waals surface area (Å²) < 4.78 is 13.0. The van der Waals surface area contributed by atoms with E-state index in [0.717, 1.165) is 21.9 Å². The van der Waals surface area contributed by atoms with Crippen LogP contribution in [-0.2, 0) is 4.79 Å². The van der Waals surface area contributed by atoms with Crippen molar-refractivity contribution in [2.24, 2.45) is 5.92 Å². The Bertz CT molecular complexity index is 932. The van der Waals surface area contributed by atoms with Crippen molar-refractivity contribution in [3.8, 4) is 11.1 Å². The predicted molar refractivity (Wildman–Crippen MR) is 91.6 cm³/mol. The Labute approximate surface area is 142 Å². The second kappa shape index (κ2) is 5.83. The number of carbonyl (C=O) groups excluding carboxylic acids is 1. The number of nitrogens with one attached hydrogen (secondary N) is 1. The molecule has 4 rings (SSSR count). The van der Waals surface area contributed by atoms with Gasteiger partial charge in [-0.05, 0) is 41.6 Å². The van der Waals surface area contributed by atoms with Crippen LogP contribution in [0.15, 0.2) is 48.9 Å². The molecule has 1 amide bonds. The maximum atomic E-state index is 13.0. The highest BCUT2D eigenvalue weighted by Crippen LogP contribution is 2.35. The molecule has 1 aromatic carbocycles. The molecule has 2 unspecified atom stereocenters. The lowest BCUT2D eigenvalue weighted by molar-refractivity contribution is -0.117. The number of alkyl halides is 1. The second-order valence-corrected chi connectivity index (χ2v) is 6.25. The van der Waals surface area contributed by atoms with Crippen LogP contribution in [0.2, 0.25) is 5.02 Å². The van der Waals surface area contributed by atoms with Crippen molar-refractivity contribution < 1.29 is 9.18 Å². The van der Waals surface area contributed by atoms with Gasteiger partial charge < -0.3 is 5.32 Å². The fraction of sp³-hybridized carbons (Fsp3) is 0.167. The smallest absolute Gasteiger partial charge is 0.231 e. The van der Waals surface area contributed by atoms with Gasteiger partial charge in [0.05, 0.1) is 10.9 Å². The summed E-state index contributed by atoms with van der Waals surface area (Å²) in [4.78, 5) is 20.2. The van der Waals surface area contributed by atoms with E-state index in [1.54, 1.807) is 24.7 Å². The van der Waals surface area contributed by atoms with Crippen molar-refractivity contribution in [2.75, 3.05) is 5.32 Å². The van der Waals surface area contributed by atoms with Gasteiger partial charge in [0, 0.05) is 29.5 Å². The third-order valence-corrected chi connectivity index (χ3v) is 4.39. The molecule has 0 aliphatic heterocycles. The van der Waals surface area contributed by atoms with Crippen LogP contribution in [0.4, 0.5) is 10.2 Å². The number of anilines is 1. The van der Waals surface area contributed by atoms with Gasteiger partial charge in [0.25, 0.3) is 0 Å². The van der Waals surface area contributed by atoms with Crippen LogP contribution in [0.5, 0.6) is 0 Å². The molecule has 120 valence electrons. The molecule has 24 heavy (non-hydrogen) atoms. The summed E-state index contributed by atoms with van der Waals surface area (Å²) in [6.45, 7) is 0. The number of halogens is 2. The number of aromatic nitrogens is 2. The standard InChI is InChI=1S/C18H13ClFN3O/c19-15-5-11(10-2-1-3-21-8-10)4-12-6-17(22-9-14(12)15)23-18(24)13-7-16(13)20/h1-6,8-9,13,16H,7H2,(H,22,23,24). The van der Waals surface area contributed by atoms with Crippen LogP contribution in [0.1, 0.15) is 6.42 Å². The Morgan fingerprint density at radius 2 is 2.08 bits per heavy atom. The maximum absolute atomic E-state index is 13.0. The zero-order valence-electron chi connectivity index (χ0n) is 12.5. The number of hydrogen-bond acceptors (Lipinski definition) is 3. The molecular formula is C18H13ClFN3O. The molecule has 1 aliphatic carbocycles. The highest BCUT2D eigenvalue weighted by Gasteiger charge is 2.43. The maximum Gasteiger partial charge on any atom is 0.231 e. The number of hydrogen-bond donors (Lipinski definition) is 1. The topological polar surface area (TPSA) is 54.9 Å². The SMILES string of the molecule is O=C(Nc1cc2cc(-c3cccnc3)cc(Cl)c2cn1)C1CC1F. The van der Waals surface area contributed by atoms with E-state index in [1.807, 2.05) is 24.3 Å². The van der Waals surface area contributed by atoms with Crippen molar-refractivity contribution in [3.05, 3.63) is 53.9 Å². The number of pyridine rings is 2. The molecule has 1 saturated carbocycles. The van der Waals surface area contributed by atoms with E-state index in [2.05, 4.69) is 15.3 Å². The summed E-state index contributed by atoms with van der Waals surface area (Å²) >= 11 is 6.35. The van der Waals surface area contributed by atoms with E-state index in [9.17, 15) is 9.18 Å². The van der Waals surface area contributed by atoms with Crippen LogP contribution in [-0.4, -0.2) is 22.0 Å². The van der Waals surface area contributed by atoms with Gasteiger partial charge >= 0.3 is 0 Å². The summed E-state index contributed by atoms with van der Waals surface area (Å²) in [5.74, 6) is -0.484. The van der Waals surface area contributed by atoms with Gasteiger partial charge in [0.1, 0.15) is 12.0 Å². The average Bonchev–Trinajstić information content (AvgIpc) is 3.32. The van der Waals surface area contributed by atoms with Crippen LogP contribution >= 0.6 is 11.6 Å². The van der Waals surface area contributed by atoms with Gasteiger partial charge in [-0.25, -0.2) is 9.37 Å². The van der Waals surface area contributed by atoms with Gasteiger partial charge in [0.2, 0.25) is 5.91 Å². The first-order chi connectivity index (χ1) is 11.6. The second-order valence-electron chi connectivity index (χ2n) is 5.84. The Morgan fingerprint density at radius 1 is 1.25 bits per heavy atom. The van der Waals surface area contributed by atoms with Crippen molar-refractivity contribution in [1.29, 1.82) is 0 Å². The predicted octanol–water partition coefficient (Wildman–Crippen LogP) is 4.25. The first-order valence-electron chi connectivity index (χ1n) is 7.56. The summed E-state index contributed by atoms with van der Waals surface area (Å²) in [6.07, 6.45) is 4.34. The van der Waals surface area contributed by atoms with Crippen molar-refractivity contribution in [3.63, 3.8) is 0 Å². The molecule has 2 atom stereocenters. The number of fused-ring (bicyclic) bond motifs is 1. The Morgan fingerprint density at radius 3 is 2.79 bits per heavy atom. The number of amides is 1. The molecular weight excluding hydrogens is 329 g/mol. The molecule has 0 spiro atoms. The van der Waals surface area contributed by atoms with Gasteiger partial charge in [-0.1, -0.05) is 17.7 Å². The fourth-order valence-corrected chi connectivity index (χ4v) is 2.91. The van der Waals surface area contributed by atoms with E-state index in [4.69, 9.17) is 11.6 Å². The monoisotopic (exact) mass is 341 g/mol. The molecule has 4 nitrogen and oxygen atoms in total. The quantitative estimate of drug-likeness (QED) is 0.775.